The highest BCUT2D eigenvalue weighted by atomic mass is 16.5. The van der Waals surface area contributed by atoms with E-state index in [-0.39, 0.29) is 5.97 Å². The molecular formula is C21H26O3. The average Bonchev–Trinajstić information content (AvgIpc) is 2.64. The van der Waals surface area contributed by atoms with Gasteiger partial charge in [0.15, 0.2) is 0 Å². The second-order valence-electron chi connectivity index (χ2n) is 6.02. The molecular weight excluding hydrogens is 300 g/mol. The molecule has 0 N–H and O–H groups in total. The van der Waals surface area contributed by atoms with Crippen LogP contribution in [0.5, 0.6) is 5.75 Å². The fourth-order valence-electron chi connectivity index (χ4n) is 2.70. The van der Waals surface area contributed by atoms with Crippen molar-refractivity contribution < 1.29 is 14.3 Å². The number of unbranched alkanes of at least 4 members (excludes halogenated alkanes) is 1. The monoisotopic (exact) mass is 326 g/mol. The van der Waals surface area contributed by atoms with Crippen LogP contribution in [0.2, 0.25) is 0 Å². The van der Waals surface area contributed by atoms with E-state index in [0.717, 1.165) is 18.6 Å². The summed E-state index contributed by atoms with van der Waals surface area (Å²) in [7, 11) is 1.38. The summed E-state index contributed by atoms with van der Waals surface area (Å²) in [6.07, 6.45) is 4.59. The van der Waals surface area contributed by atoms with E-state index >= 15 is 0 Å². The van der Waals surface area contributed by atoms with Crippen LogP contribution in [0, 0.1) is 5.92 Å². The van der Waals surface area contributed by atoms with Gasteiger partial charge < -0.3 is 9.47 Å². The highest BCUT2D eigenvalue weighted by molar-refractivity contribution is 5.89. The molecule has 1 unspecified atom stereocenters. The number of esters is 1. The van der Waals surface area contributed by atoms with Crippen molar-refractivity contribution in [1.29, 1.82) is 0 Å². The number of carbonyl (C=O) groups excluding carboxylic acids is 1. The summed E-state index contributed by atoms with van der Waals surface area (Å²) in [6, 6.07) is 17.7. The molecule has 0 heterocycles. The molecule has 2 rings (SSSR count). The Balaban J connectivity index is 1.92. The SMILES string of the molecule is CCCCC(COc1ccc(C(=O)OC)cc1)Cc1ccccc1. The second-order valence-corrected chi connectivity index (χ2v) is 6.02. The van der Waals surface area contributed by atoms with Crippen LogP contribution in [0.4, 0.5) is 0 Å². The maximum Gasteiger partial charge on any atom is 0.337 e. The van der Waals surface area contributed by atoms with Gasteiger partial charge >= 0.3 is 5.97 Å². The second kappa shape index (κ2) is 9.76. The van der Waals surface area contributed by atoms with Gasteiger partial charge in [0, 0.05) is 0 Å². The number of carbonyl (C=O) groups is 1. The quantitative estimate of drug-likeness (QED) is 0.615. The van der Waals surface area contributed by atoms with Crippen LogP contribution in [-0.2, 0) is 11.2 Å². The number of hydrogen-bond donors (Lipinski definition) is 0. The van der Waals surface area contributed by atoms with Crippen LogP contribution in [0.3, 0.4) is 0 Å². The lowest BCUT2D eigenvalue weighted by Gasteiger charge is -2.18. The van der Waals surface area contributed by atoms with E-state index in [1.807, 2.05) is 18.2 Å². The average molecular weight is 326 g/mol. The normalized spacial score (nSPS) is 11.8. The largest absolute Gasteiger partial charge is 0.493 e. The number of methoxy groups -OCH3 is 1. The van der Waals surface area contributed by atoms with E-state index in [1.165, 1.54) is 25.5 Å². The third kappa shape index (κ3) is 5.73. The van der Waals surface area contributed by atoms with E-state index in [4.69, 9.17) is 9.47 Å². The Hall–Kier alpha value is -2.29. The van der Waals surface area contributed by atoms with E-state index < -0.39 is 0 Å². The minimum absolute atomic E-state index is 0.327. The Morgan fingerprint density at radius 3 is 2.38 bits per heavy atom. The van der Waals surface area contributed by atoms with E-state index in [0.29, 0.717) is 18.1 Å². The van der Waals surface area contributed by atoms with Crippen molar-refractivity contribution in [2.75, 3.05) is 13.7 Å². The molecule has 1 atom stereocenters. The van der Waals surface area contributed by atoms with Gasteiger partial charge in [-0.05, 0) is 48.6 Å². The van der Waals surface area contributed by atoms with Crippen LogP contribution in [0.25, 0.3) is 0 Å². The van der Waals surface area contributed by atoms with Crippen LogP contribution in [0.15, 0.2) is 54.6 Å². The maximum atomic E-state index is 11.4. The molecule has 2 aromatic rings. The van der Waals surface area contributed by atoms with Gasteiger partial charge in [0.25, 0.3) is 0 Å². The van der Waals surface area contributed by atoms with Crippen molar-refractivity contribution in [2.24, 2.45) is 5.92 Å². The standard InChI is InChI=1S/C21H26O3/c1-3-4-8-18(15-17-9-6-5-7-10-17)16-24-20-13-11-19(12-14-20)21(22)23-2/h5-7,9-14,18H,3-4,8,15-16H2,1-2H3. The third-order valence-electron chi connectivity index (χ3n) is 4.09. The third-order valence-corrected chi connectivity index (χ3v) is 4.09. The van der Waals surface area contributed by atoms with Crippen molar-refractivity contribution in [3.8, 4) is 5.75 Å². The zero-order valence-corrected chi connectivity index (χ0v) is 14.5. The van der Waals surface area contributed by atoms with Crippen molar-refractivity contribution in [3.63, 3.8) is 0 Å². The minimum Gasteiger partial charge on any atom is -0.493 e. The van der Waals surface area contributed by atoms with Crippen molar-refractivity contribution in [3.05, 3.63) is 65.7 Å². The Morgan fingerprint density at radius 2 is 1.75 bits per heavy atom. The molecule has 0 bridgehead atoms. The molecule has 0 saturated heterocycles. The topological polar surface area (TPSA) is 35.5 Å². The summed E-state index contributed by atoms with van der Waals surface area (Å²) >= 11 is 0. The summed E-state index contributed by atoms with van der Waals surface area (Å²) in [5, 5.41) is 0. The van der Waals surface area contributed by atoms with E-state index in [9.17, 15) is 4.79 Å². The first kappa shape index (κ1) is 18.1. The van der Waals surface area contributed by atoms with Gasteiger partial charge in [0.05, 0.1) is 19.3 Å². The molecule has 0 aliphatic rings. The molecule has 24 heavy (non-hydrogen) atoms. The van der Waals surface area contributed by atoms with Gasteiger partial charge in [0.1, 0.15) is 5.75 Å². The van der Waals surface area contributed by atoms with Gasteiger partial charge in [-0.15, -0.1) is 0 Å². The number of hydrogen-bond acceptors (Lipinski definition) is 3. The van der Waals surface area contributed by atoms with Gasteiger partial charge in [-0.1, -0.05) is 50.1 Å². The predicted octanol–water partition coefficient (Wildman–Crippen LogP) is 4.90. The number of ether oxygens (including phenoxy) is 2. The lowest BCUT2D eigenvalue weighted by Crippen LogP contribution is -2.15. The zero-order chi connectivity index (χ0) is 17.2. The molecule has 0 aromatic heterocycles. The molecule has 0 fully saturated rings. The Morgan fingerprint density at radius 1 is 1.04 bits per heavy atom. The fraction of sp³-hybridized carbons (Fsp3) is 0.381. The summed E-state index contributed by atoms with van der Waals surface area (Å²) in [5.74, 6) is 0.955. The van der Waals surface area contributed by atoms with Crippen molar-refractivity contribution in [1.82, 2.24) is 0 Å². The van der Waals surface area contributed by atoms with E-state index in [1.54, 1.807) is 12.1 Å². The Labute approximate surface area is 144 Å². The van der Waals surface area contributed by atoms with Gasteiger partial charge in [-0.3, -0.25) is 0 Å². The van der Waals surface area contributed by atoms with Gasteiger partial charge in [-0.2, -0.15) is 0 Å². The number of benzene rings is 2. The van der Waals surface area contributed by atoms with E-state index in [2.05, 4.69) is 31.2 Å². The van der Waals surface area contributed by atoms with Crippen molar-refractivity contribution in [2.45, 2.75) is 32.6 Å². The molecule has 128 valence electrons. The molecule has 3 nitrogen and oxygen atoms in total. The molecule has 0 spiro atoms. The first-order valence-corrected chi connectivity index (χ1v) is 8.58. The smallest absolute Gasteiger partial charge is 0.337 e. The van der Waals surface area contributed by atoms with Crippen LogP contribution < -0.4 is 4.74 Å². The van der Waals surface area contributed by atoms with Gasteiger partial charge in [-0.25, -0.2) is 4.79 Å². The van der Waals surface area contributed by atoms with Gasteiger partial charge in [0.2, 0.25) is 0 Å². The highest BCUT2D eigenvalue weighted by Crippen LogP contribution is 2.19. The van der Waals surface area contributed by atoms with Crippen molar-refractivity contribution >= 4 is 5.97 Å². The Kier molecular flexibility index (Phi) is 7.34. The summed E-state index contributed by atoms with van der Waals surface area (Å²) in [5.41, 5.74) is 1.89. The van der Waals surface area contributed by atoms with Crippen LogP contribution in [0.1, 0.15) is 42.1 Å². The highest BCUT2D eigenvalue weighted by Gasteiger charge is 2.11. The zero-order valence-electron chi connectivity index (χ0n) is 14.5. The molecule has 0 radical (unpaired) electrons. The lowest BCUT2D eigenvalue weighted by atomic mass is 9.95. The Bertz CT molecular complexity index is 605. The molecule has 2 aromatic carbocycles. The first-order chi connectivity index (χ1) is 11.7. The first-order valence-electron chi connectivity index (χ1n) is 8.58. The molecule has 0 saturated carbocycles. The molecule has 0 amide bonds. The predicted molar refractivity (Wildman–Crippen MR) is 96.4 cm³/mol. The number of rotatable bonds is 9. The minimum atomic E-state index is -0.327. The lowest BCUT2D eigenvalue weighted by molar-refractivity contribution is 0.0600. The summed E-state index contributed by atoms with van der Waals surface area (Å²) in [4.78, 5) is 11.4. The summed E-state index contributed by atoms with van der Waals surface area (Å²) < 4.78 is 10.7. The molecule has 0 aliphatic carbocycles. The maximum absolute atomic E-state index is 11.4. The van der Waals surface area contributed by atoms with Crippen LogP contribution in [-0.4, -0.2) is 19.7 Å². The summed E-state index contributed by atoms with van der Waals surface area (Å²) in [6.45, 7) is 2.90. The molecule has 0 aliphatic heterocycles. The molecule has 3 heteroatoms. The van der Waals surface area contributed by atoms with Crippen LogP contribution >= 0.6 is 0 Å². The fourth-order valence-corrected chi connectivity index (χ4v) is 2.70.